The van der Waals surface area contributed by atoms with Crippen LogP contribution in [0.3, 0.4) is 0 Å². The maximum atomic E-state index is 12.9. The van der Waals surface area contributed by atoms with E-state index in [1.165, 1.54) is 12.1 Å². The average molecular weight is 401 g/mol. The molecule has 0 bridgehead atoms. The van der Waals surface area contributed by atoms with Crippen molar-refractivity contribution in [2.75, 3.05) is 6.61 Å². The zero-order valence-corrected chi connectivity index (χ0v) is 16.4. The molecule has 7 heteroatoms. The van der Waals surface area contributed by atoms with E-state index in [1.54, 1.807) is 6.92 Å². The third-order valence-electron chi connectivity index (χ3n) is 4.46. The van der Waals surface area contributed by atoms with Gasteiger partial charge in [0.15, 0.2) is 12.4 Å². The Bertz CT molecular complexity index is 823. The molecule has 2 aromatic rings. The predicted octanol–water partition coefficient (Wildman–Crippen LogP) is 3.89. The number of ether oxygens (including phenoxy) is 2. The van der Waals surface area contributed by atoms with Crippen LogP contribution in [0.2, 0.25) is 0 Å². The maximum Gasteiger partial charge on any atom is 0.408 e. The topological polar surface area (TPSA) is 81.7 Å². The molecule has 0 spiro atoms. The SMILES string of the molecule is CC[C@@H](C)[C@@H](NC(=O)OCc1ccccc1)C(=O)OCC(=O)c1ccc(F)cc1. The molecular weight excluding hydrogens is 377 g/mol. The number of ketones is 1. The lowest BCUT2D eigenvalue weighted by atomic mass is 9.99. The van der Waals surface area contributed by atoms with Crippen LogP contribution < -0.4 is 5.32 Å². The number of hydrogen-bond donors (Lipinski definition) is 1. The van der Waals surface area contributed by atoms with E-state index in [0.29, 0.717) is 6.42 Å². The molecule has 0 heterocycles. The van der Waals surface area contributed by atoms with E-state index in [9.17, 15) is 18.8 Å². The first-order valence-electron chi connectivity index (χ1n) is 9.33. The van der Waals surface area contributed by atoms with Crippen molar-refractivity contribution in [3.8, 4) is 0 Å². The Morgan fingerprint density at radius 2 is 1.66 bits per heavy atom. The molecule has 6 nitrogen and oxygen atoms in total. The molecule has 0 aliphatic rings. The van der Waals surface area contributed by atoms with E-state index in [-0.39, 0.29) is 18.1 Å². The minimum atomic E-state index is -0.954. The van der Waals surface area contributed by atoms with Gasteiger partial charge in [0.25, 0.3) is 0 Å². The van der Waals surface area contributed by atoms with Crippen LogP contribution in [0.4, 0.5) is 9.18 Å². The average Bonchev–Trinajstić information content (AvgIpc) is 2.74. The van der Waals surface area contributed by atoms with Crippen LogP contribution in [0.15, 0.2) is 54.6 Å². The van der Waals surface area contributed by atoms with E-state index >= 15 is 0 Å². The van der Waals surface area contributed by atoms with Gasteiger partial charge in [0.05, 0.1) is 0 Å². The van der Waals surface area contributed by atoms with Gasteiger partial charge in [-0.25, -0.2) is 14.0 Å². The lowest BCUT2D eigenvalue weighted by Gasteiger charge is -2.22. The number of rotatable bonds is 9. The highest BCUT2D eigenvalue weighted by atomic mass is 19.1. The summed E-state index contributed by atoms with van der Waals surface area (Å²) in [7, 11) is 0. The zero-order valence-electron chi connectivity index (χ0n) is 16.4. The third kappa shape index (κ3) is 7.03. The number of benzene rings is 2. The molecule has 2 rings (SSSR count). The summed E-state index contributed by atoms with van der Waals surface area (Å²) >= 11 is 0. The van der Waals surface area contributed by atoms with Gasteiger partial charge in [-0.3, -0.25) is 4.79 Å². The van der Waals surface area contributed by atoms with Gasteiger partial charge in [0.2, 0.25) is 0 Å². The monoisotopic (exact) mass is 401 g/mol. The van der Waals surface area contributed by atoms with Gasteiger partial charge in [0, 0.05) is 5.56 Å². The lowest BCUT2D eigenvalue weighted by Crippen LogP contribution is -2.46. The fourth-order valence-electron chi connectivity index (χ4n) is 2.51. The van der Waals surface area contributed by atoms with Gasteiger partial charge in [0.1, 0.15) is 18.5 Å². The van der Waals surface area contributed by atoms with Gasteiger partial charge < -0.3 is 14.8 Å². The first-order chi connectivity index (χ1) is 13.9. The summed E-state index contributed by atoms with van der Waals surface area (Å²) in [6, 6.07) is 13.1. The van der Waals surface area contributed by atoms with Gasteiger partial charge in [-0.2, -0.15) is 0 Å². The van der Waals surface area contributed by atoms with E-state index in [4.69, 9.17) is 9.47 Å². The Kier molecular flexibility index (Phi) is 8.33. The second-order valence-corrected chi connectivity index (χ2v) is 6.61. The van der Waals surface area contributed by atoms with Crippen molar-refractivity contribution in [2.24, 2.45) is 5.92 Å². The molecule has 1 N–H and O–H groups in total. The highest BCUT2D eigenvalue weighted by Gasteiger charge is 2.28. The normalized spacial score (nSPS) is 12.5. The number of nitrogens with one attached hydrogen (secondary N) is 1. The molecule has 0 aliphatic heterocycles. The van der Waals surface area contributed by atoms with Crippen molar-refractivity contribution in [2.45, 2.75) is 32.9 Å². The second kappa shape index (κ2) is 10.9. The molecule has 1 amide bonds. The lowest BCUT2D eigenvalue weighted by molar-refractivity contribution is -0.146. The fourth-order valence-corrected chi connectivity index (χ4v) is 2.51. The molecule has 0 saturated carbocycles. The molecular formula is C22H24FNO5. The van der Waals surface area contributed by atoms with Crippen molar-refractivity contribution in [1.82, 2.24) is 5.32 Å². The number of carbonyl (C=O) groups is 3. The number of alkyl carbamates (subject to hydrolysis) is 1. The number of amides is 1. The molecule has 0 saturated heterocycles. The van der Waals surface area contributed by atoms with E-state index in [2.05, 4.69) is 5.32 Å². The summed E-state index contributed by atoms with van der Waals surface area (Å²) in [6.07, 6.45) is -0.147. The minimum Gasteiger partial charge on any atom is -0.456 e. The third-order valence-corrected chi connectivity index (χ3v) is 4.46. The number of hydrogen-bond acceptors (Lipinski definition) is 5. The summed E-state index contributed by atoms with van der Waals surface area (Å²) in [6.45, 7) is 3.22. The van der Waals surface area contributed by atoms with Crippen molar-refractivity contribution in [3.05, 3.63) is 71.5 Å². The fraction of sp³-hybridized carbons (Fsp3) is 0.318. The van der Waals surface area contributed by atoms with Crippen molar-refractivity contribution in [3.63, 3.8) is 0 Å². The standard InChI is InChI=1S/C22H24FNO5/c1-3-15(2)20(24-22(27)29-13-16-7-5-4-6-8-16)21(26)28-14-19(25)17-9-11-18(23)12-10-17/h4-12,15,20H,3,13-14H2,1-2H3,(H,24,27)/t15-,20-/m1/s1. The Morgan fingerprint density at radius 1 is 1.00 bits per heavy atom. The van der Waals surface area contributed by atoms with Crippen LogP contribution in [0, 0.1) is 11.7 Å². The Labute approximate surface area is 169 Å². The van der Waals surface area contributed by atoms with Crippen LogP contribution in [0.1, 0.15) is 36.2 Å². The summed E-state index contributed by atoms with van der Waals surface area (Å²) in [5.74, 6) is -1.89. The van der Waals surface area contributed by atoms with Crippen molar-refractivity contribution in [1.29, 1.82) is 0 Å². The van der Waals surface area contributed by atoms with E-state index in [0.717, 1.165) is 17.7 Å². The first kappa shape index (κ1) is 22.1. The number of carbonyl (C=O) groups excluding carboxylic acids is 3. The summed E-state index contributed by atoms with van der Waals surface area (Å²) in [4.78, 5) is 36.6. The predicted molar refractivity (Wildman–Crippen MR) is 105 cm³/mol. The Hall–Kier alpha value is -3.22. The van der Waals surface area contributed by atoms with Crippen molar-refractivity contribution < 1.29 is 28.2 Å². The van der Waals surface area contributed by atoms with Crippen LogP contribution in [0.5, 0.6) is 0 Å². The molecule has 0 radical (unpaired) electrons. The number of halogens is 1. The summed E-state index contributed by atoms with van der Waals surface area (Å²) in [5, 5.41) is 2.51. The molecule has 154 valence electrons. The van der Waals surface area contributed by atoms with Crippen LogP contribution in [-0.2, 0) is 20.9 Å². The van der Waals surface area contributed by atoms with Crippen LogP contribution in [-0.4, -0.2) is 30.5 Å². The van der Waals surface area contributed by atoms with E-state index < -0.39 is 36.3 Å². The largest absolute Gasteiger partial charge is 0.456 e. The van der Waals surface area contributed by atoms with Gasteiger partial charge >= 0.3 is 12.1 Å². The number of Topliss-reactive ketones (excluding diaryl/α,β-unsaturated/α-hetero) is 1. The Morgan fingerprint density at radius 3 is 2.28 bits per heavy atom. The smallest absolute Gasteiger partial charge is 0.408 e. The molecule has 2 atom stereocenters. The summed E-state index contributed by atoms with van der Waals surface area (Å²) in [5.41, 5.74) is 1.05. The minimum absolute atomic E-state index is 0.0675. The molecule has 0 aliphatic carbocycles. The Balaban J connectivity index is 1.90. The second-order valence-electron chi connectivity index (χ2n) is 6.61. The number of esters is 1. The molecule has 0 unspecified atom stereocenters. The maximum absolute atomic E-state index is 12.9. The van der Waals surface area contributed by atoms with Gasteiger partial charge in [-0.15, -0.1) is 0 Å². The van der Waals surface area contributed by atoms with Gasteiger partial charge in [-0.1, -0.05) is 50.6 Å². The highest BCUT2D eigenvalue weighted by Crippen LogP contribution is 2.11. The quantitative estimate of drug-likeness (QED) is 0.509. The molecule has 2 aromatic carbocycles. The van der Waals surface area contributed by atoms with Crippen LogP contribution >= 0.6 is 0 Å². The highest BCUT2D eigenvalue weighted by molar-refractivity contribution is 5.98. The summed E-state index contributed by atoms with van der Waals surface area (Å²) < 4.78 is 23.2. The first-order valence-corrected chi connectivity index (χ1v) is 9.33. The van der Waals surface area contributed by atoms with Crippen molar-refractivity contribution >= 4 is 17.8 Å². The molecule has 29 heavy (non-hydrogen) atoms. The zero-order chi connectivity index (χ0) is 21.2. The van der Waals surface area contributed by atoms with Crippen LogP contribution in [0.25, 0.3) is 0 Å². The molecule has 0 aromatic heterocycles. The van der Waals surface area contributed by atoms with Gasteiger partial charge in [-0.05, 0) is 35.7 Å². The van der Waals surface area contributed by atoms with E-state index in [1.807, 2.05) is 37.3 Å². The molecule has 0 fully saturated rings.